The number of anilines is 1. The predicted molar refractivity (Wildman–Crippen MR) is 208 cm³/mol. The topological polar surface area (TPSA) is 106 Å². The molecule has 2 saturated heterocycles. The van der Waals surface area contributed by atoms with E-state index >= 15 is 0 Å². The molecule has 9 nitrogen and oxygen atoms in total. The number of rotatable bonds is 12. The summed E-state index contributed by atoms with van der Waals surface area (Å²) >= 11 is 14.1. The van der Waals surface area contributed by atoms with Crippen LogP contribution in [0.4, 0.5) is 5.82 Å². The van der Waals surface area contributed by atoms with Crippen molar-refractivity contribution in [2.75, 3.05) is 32.6 Å². The minimum absolute atomic E-state index is 0.0195. The highest BCUT2D eigenvalue weighted by Gasteiger charge is 2.47. The van der Waals surface area contributed by atoms with Gasteiger partial charge in [-0.2, -0.15) is 4.98 Å². The van der Waals surface area contributed by atoms with Gasteiger partial charge in [-0.05, 0) is 73.8 Å². The first kappa shape index (κ1) is 35.8. The van der Waals surface area contributed by atoms with E-state index in [-0.39, 0.29) is 23.4 Å². The van der Waals surface area contributed by atoms with Crippen molar-refractivity contribution in [3.05, 3.63) is 86.9 Å². The van der Waals surface area contributed by atoms with E-state index in [0.717, 1.165) is 91.5 Å². The number of benzene rings is 2. The van der Waals surface area contributed by atoms with Gasteiger partial charge >= 0.3 is 0 Å². The number of aryl methyl sites for hydroxylation is 1. The lowest BCUT2D eigenvalue weighted by molar-refractivity contribution is -0.120. The maximum Gasteiger partial charge on any atom is 0.220 e. The monoisotopic (exact) mass is 753 g/mol. The van der Waals surface area contributed by atoms with Crippen molar-refractivity contribution >= 4 is 40.7 Å². The number of carbonyl (C=O) groups excluding carboxylic acids is 2. The molecule has 0 unspecified atom stereocenters. The number of aromatic nitrogens is 2. The molecule has 0 radical (unpaired) electrons. The van der Waals surface area contributed by atoms with Gasteiger partial charge in [0, 0.05) is 72.6 Å². The number of amides is 1. The molecule has 2 aromatic heterocycles. The average molecular weight is 755 g/mol. The van der Waals surface area contributed by atoms with Crippen molar-refractivity contribution in [3.63, 3.8) is 0 Å². The summed E-state index contributed by atoms with van der Waals surface area (Å²) in [5.74, 6) is 2.30. The molecule has 1 spiro atoms. The third-order valence-electron chi connectivity index (χ3n) is 11.6. The van der Waals surface area contributed by atoms with Crippen molar-refractivity contribution < 1.29 is 19.1 Å². The Morgan fingerprint density at radius 2 is 1.68 bits per heavy atom. The zero-order valence-corrected chi connectivity index (χ0v) is 31.8. The van der Waals surface area contributed by atoms with Gasteiger partial charge in [-0.1, -0.05) is 65.7 Å². The Balaban J connectivity index is 0.979. The van der Waals surface area contributed by atoms with E-state index in [2.05, 4.69) is 45.9 Å². The van der Waals surface area contributed by atoms with Crippen LogP contribution in [0.15, 0.2) is 54.6 Å². The fourth-order valence-corrected chi connectivity index (χ4v) is 9.56. The number of hydrogen-bond donors (Lipinski definition) is 2. The SMILES string of the molecule is COc1nc(-c2cccc(-c3cccc4c3CC[C@@H]4Nc3nc(OC)c(CN4CC5(CCC(=O)C5)C4)cc3Cl)c2Cl)ccc1CCC[C@@H]1CCC(=O)N1. The molecule has 276 valence electrons. The van der Waals surface area contributed by atoms with E-state index in [1.807, 2.05) is 24.3 Å². The largest absolute Gasteiger partial charge is 0.481 e. The number of methoxy groups -OCH3 is 2. The summed E-state index contributed by atoms with van der Waals surface area (Å²) in [6.45, 7) is 2.54. The van der Waals surface area contributed by atoms with Gasteiger partial charge in [0.15, 0.2) is 0 Å². The fourth-order valence-electron chi connectivity index (χ4n) is 9.00. The Morgan fingerprint density at radius 3 is 2.43 bits per heavy atom. The lowest BCUT2D eigenvalue weighted by Crippen LogP contribution is -2.54. The Morgan fingerprint density at radius 1 is 0.906 bits per heavy atom. The van der Waals surface area contributed by atoms with Gasteiger partial charge in [-0.15, -0.1) is 0 Å². The molecule has 0 bridgehead atoms. The number of halogens is 2. The van der Waals surface area contributed by atoms with Crippen LogP contribution in [0.5, 0.6) is 11.8 Å². The number of likely N-dealkylation sites (tertiary alicyclic amines) is 1. The Kier molecular flexibility index (Phi) is 10.1. The first-order valence-electron chi connectivity index (χ1n) is 18.7. The molecular formula is C42H45Cl2N5O4. The number of nitrogens with one attached hydrogen (secondary N) is 2. The zero-order valence-electron chi connectivity index (χ0n) is 30.3. The smallest absolute Gasteiger partial charge is 0.220 e. The van der Waals surface area contributed by atoms with Crippen LogP contribution in [0.1, 0.15) is 79.7 Å². The van der Waals surface area contributed by atoms with Crippen LogP contribution < -0.4 is 20.1 Å². The van der Waals surface area contributed by atoms with E-state index in [1.165, 1.54) is 11.1 Å². The van der Waals surface area contributed by atoms with E-state index in [0.29, 0.717) is 59.2 Å². The van der Waals surface area contributed by atoms with Gasteiger partial charge in [0.25, 0.3) is 0 Å². The number of hydrogen-bond acceptors (Lipinski definition) is 8. The molecule has 53 heavy (non-hydrogen) atoms. The Bertz CT molecular complexity index is 2070. The highest BCUT2D eigenvalue weighted by Crippen LogP contribution is 2.46. The third kappa shape index (κ3) is 7.23. The van der Waals surface area contributed by atoms with Gasteiger partial charge < -0.3 is 20.1 Å². The average Bonchev–Trinajstić information content (AvgIpc) is 3.87. The van der Waals surface area contributed by atoms with Crippen molar-refractivity contribution in [2.24, 2.45) is 5.41 Å². The zero-order chi connectivity index (χ0) is 36.7. The lowest BCUT2D eigenvalue weighted by atomic mass is 9.78. The maximum absolute atomic E-state index is 11.9. The van der Waals surface area contributed by atoms with Crippen LogP contribution in [0.3, 0.4) is 0 Å². The summed E-state index contributed by atoms with van der Waals surface area (Å²) in [6.07, 6.45) is 8.41. The van der Waals surface area contributed by atoms with E-state index < -0.39 is 0 Å². The molecule has 2 aliphatic heterocycles. The molecule has 2 N–H and O–H groups in total. The molecule has 1 amide bonds. The minimum atomic E-state index is 0.0195. The van der Waals surface area contributed by atoms with Crippen LogP contribution in [0, 0.1) is 5.41 Å². The highest BCUT2D eigenvalue weighted by molar-refractivity contribution is 6.36. The van der Waals surface area contributed by atoms with Crippen LogP contribution in [-0.2, 0) is 29.0 Å². The molecule has 2 aromatic carbocycles. The summed E-state index contributed by atoms with van der Waals surface area (Å²) in [7, 11) is 3.30. The van der Waals surface area contributed by atoms with Crippen molar-refractivity contribution in [1.29, 1.82) is 0 Å². The van der Waals surface area contributed by atoms with E-state index in [1.54, 1.807) is 14.2 Å². The third-order valence-corrected chi connectivity index (χ3v) is 12.3. The molecule has 4 aromatic rings. The van der Waals surface area contributed by atoms with Gasteiger partial charge in [-0.25, -0.2) is 4.98 Å². The summed E-state index contributed by atoms with van der Waals surface area (Å²) in [5, 5.41) is 7.88. The van der Waals surface area contributed by atoms with Crippen molar-refractivity contribution in [3.8, 4) is 34.1 Å². The second-order valence-electron chi connectivity index (χ2n) is 15.2. The minimum Gasteiger partial charge on any atom is -0.481 e. The molecule has 4 heterocycles. The van der Waals surface area contributed by atoms with Gasteiger partial charge in [0.2, 0.25) is 17.7 Å². The standard InChI is InChI=1S/C42H45Cl2N5O4/c1-52-40-25(6-3-7-27-13-17-37(51)45-27)12-15-36(47-40)33-11-5-10-32(38(33)44)29-8-4-9-31-30(29)14-16-35(31)46-39-34(43)20-26(41(48-39)53-2)22-49-23-42(24-49)19-18-28(50)21-42/h4-5,8-12,15,20,27,35H,3,6-7,13-14,16-19,21-24H2,1-2H3,(H,45,51)(H,46,48)/t27-,35+/m1/s1. The first-order valence-corrected chi connectivity index (χ1v) is 19.5. The predicted octanol–water partition coefficient (Wildman–Crippen LogP) is 8.39. The summed E-state index contributed by atoms with van der Waals surface area (Å²) in [5.41, 5.74) is 8.27. The van der Waals surface area contributed by atoms with Crippen molar-refractivity contribution in [2.45, 2.75) is 82.8 Å². The number of pyridine rings is 2. The highest BCUT2D eigenvalue weighted by atomic mass is 35.5. The molecule has 2 atom stereocenters. The quantitative estimate of drug-likeness (QED) is 0.149. The lowest BCUT2D eigenvalue weighted by Gasteiger charge is -2.48. The fraction of sp³-hybridized carbons (Fsp3) is 0.429. The molecule has 11 heteroatoms. The summed E-state index contributed by atoms with van der Waals surface area (Å²) < 4.78 is 11.5. The van der Waals surface area contributed by atoms with Gasteiger partial charge in [0.05, 0.1) is 36.0 Å². The van der Waals surface area contributed by atoms with Gasteiger partial charge in [0.1, 0.15) is 11.6 Å². The Hall–Kier alpha value is -4.18. The van der Waals surface area contributed by atoms with Crippen molar-refractivity contribution in [1.82, 2.24) is 20.2 Å². The van der Waals surface area contributed by atoms with Crippen LogP contribution in [0.25, 0.3) is 22.4 Å². The van der Waals surface area contributed by atoms with E-state index in [4.69, 9.17) is 42.6 Å². The molecular weight excluding hydrogens is 709 g/mol. The molecule has 1 saturated carbocycles. The second-order valence-corrected chi connectivity index (χ2v) is 16.0. The van der Waals surface area contributed by atoms with Crippen LogP contribution in [0.2, 0.25) is 10.0 Å². The first-order chi connectivity index (χ1) is 25.7. The second kappa shape index (κ2) is 14.9. The molecule has 3 fully saturated rings. The Labute approximate surface area is 320 Å². The number of Topliss-reactive ketones (excluding diaryl/α,β-unsaturated/α-hetero) is 1. The number of carbonyl (C=O) groups is 2. The number of fused-ring (bicyclic) bond motifs is 1. The van der Waals surface area contributed by atoms with E-state index in [9.17, 15) is 9.59 Å². The number of nitrogens with zero attached hydrogens (tertiary/aromatic N) is 3. The van der Waals surface area contributed by atoms with Crippen LogP contribution in [-0.4, -0.2) is 59.9 Å². The van der Waals surface area contributed by atoms with Crippen LogP contribution >= 0.6 is 23.2 Å². The number of ketones is 1. The normalized spacial score (nSPS) is 20.4. The molecule has 8 rings (SSSR count). The number of ether oxygens (including phenoxy) is 2. The van der Waals surface area contributed by atoms with Gasteiger partial charge in [-0.3, -0.25) is 14.5 Å². The molecule has 4 aliphatic rings. The summed E-state index contributed by atoms with van der Waals surface area (Å²) in [4.78, 5) is 35.5. The maximum atomic E-state index is 11.9. The summed E-state index contributed by atoms with van der Waals surface area (Å²) in [6, 6.07) is 18.8. The molecule has 2 aliphatic carbocycles.